The van der Waals surface area contributed by atoms with Crippen molar-refractivity contribution in [2.45, 2.75) is 52.5 Å². The molecule has 0 saturated heterocycles. The van der Waals surface area contributed by atoms with Crippen molar-refractivity contribution in [2.24, 2.45) is 4.99 Å². The molecule has 0 radical (unpaired) electrons. The molecular formula is C16H25N3O3. The number of rotatable bonds is 9. The van der Waals surface area contributed by atoms with Gasteiger partial charge in [0.15, 0.2) is 0 Å². The first kappa shape index (κ1) is 17.9. The van der Waals surface area contributed by atoms with E-state index in [1.165, 1.54) is 6.08 Å². The van der Waals surface area contributed by atoms with Crippen molar-refractivity contribution < 1.29 is 5.11 Å². The van der Waals surface area contributed by atoms with Gasteiger partial charge in [-0.2, -0.15) is 0 Å². The molecule has 0 aliphatic rings. The summed E-state index contributed by atoms with van der Waals surface area (Å²) < 4.78 is 1.08. The van der Waals surface area contributed by atoms with Crippen LogP contribution in [0, 0.1) is 0 Å². The van der Waals surface area contributed by atoms with Crippen LogP contribution < -0.4 is 11.2 Å². The normalized spacial score (nSPS) is 11.6. The molecule has 22 heavy (non-hydrogen) atoms. The van der Waals surface area contributed by atoms with Gasteiger partial charge in [0.25, 0.3) is 5.56 Å². The minimum atomic E-state index is -0.649. The predicted molar refractivity (Wildman–Crippen MR) is 89.0 cm³/mol. The summed E-state index contributed by atoms with van der Waals surface area (Å²) in [6, 6.07) is 0. The zero-order valence-corrected chi connectivity index (χ0v) is 13.4. The molecule has 0 amide bonds. The Hall–Kier alpha value is -2.11. The number of hydrogen-bond donors (Lipinski definition) is 2. The second-order valence-corrected chi connectivity index (χ2v) is 5.10. The number of aromatic hydroxyl groups is 1. The van der Waals surface area contributed by atoms with Crippen molar-refractivity contribution in [2.75, 3.05) is 6.54 Å². The molecule has 0 aliphatic heterocycles. The summed E-state index contributed by atoms with van der Waals surface area (Å²) in [7, 11) is 0. The number of aromatic amines is 1. The van der Waals surface area contributed by atoms with Gasteiger partial charge >= 0.3 is 5.69 Å². The average Bonchev–Trinajstić information content (AvgIpc) is 2.49. The zero-order chi connectivity index (χ0) is 16.5. The van der Waals surface area contributed by atoms with Crippen LogP contribution in [0.25, 0.3) is 0 Å². The van der Waals surface area contributed by atoms with Crippen LogP contribution in [0.1, 0.15) is 51.5 Å². The lowest BCUT2D eigenvalue weighted by Crippen LogP contribution is -2.33. The Morgan fingerprint density at radius 1 is 1.32 bits per heavy atom. The van der Waals surface area contributed by atoms with Crippen molar-refractivity contribution in [3.63, 3.8) is 0 Å². The van der Waals surface area contributed by atoms with Gasteiger partial charge < -0.3 is 5.11 Å². The SMILES string of the molecule is C=CCn1c(O)c(C(CC)=NCCCCCC)c(=O)[nH]c1=O. The van der Waals surface area contributed by atoms with Crippen molar-refractivity contribution in [3.8, 4) is 5.88 Å². The lowest BCUT2D eigenvalue weighted by Gasteiger charge is -2.10. The number of allylic oxidation sites excluding steroid dienone is 1. The molecule has 1 rings (SSSR count). The maximum atomic E-state index is 12.0. The first-order chi connectivity index (χ1) is 10.6. The van der Waals surface area contributed by atoms with E-state index in [0.717, 1.165) is 30.3 Å². The summed E-state index contributed by atoms with van der Waals surface area (Å²) in [5.74, 6) is -0.345. The minimum absolute atomic E-state index is 0.0828. The van der Waals surface area contributed by atoms with E-state index in [-0.39, 0.29) is 18.0 Å². The van der Waals surface area contributed by atoms with Gasteiger partial charge in [0.1, 0.15) is 5.56 Å². The third-order valence-corrected chi connectivity index (χ3v) is 3.42. The smallest absolute Gasteiger partial charge is 0.331 e. The highest BCUT2D eigenvalue weighted by molar-refractivity contribution is 6.01. The molecule has 0 fully saturated rings. The fraction of sp³-hybridized carbons (Fsp3) is 0.562. The standard InChI is InChI=1S/C16H25N3O3/c1-4-7-8-9-10-17-12(6-3)13-14(20)18-16(22)19(11-5-2)15(13)21/h5,21H,2,4,6-11H2,1,3H3,(H,18,20,22). The summed E-state index contributed by atoms with van der Waals surface area (Å²) in [6.07, 6.45) is 6.34. The second kappa shape index (κ2) is 9.02. The quantitative estimate of drug-likeness (QED) is 0.416. The number of H-pyrrole nitrogens is 1. The first-order valence-electron chi connectivity index (χ1n) is 7.77. The topological polar surface area (TPSA) is 87.4 Å². The van der Waals surface area contributed by atoms with E-state index in [4.69, 9.17) is 0 Å². The predicted octanol–water partition coefficient (Wildman–Crippen LogP) is 2.21. The molecule has 0 aliphatic carbocycles. The maximum Gasteiger partial charge on any atom is 0.331 e. The average molecular weight is 307 g/mol. The zero-order valence-electron chi connectivity index (χ0n) is 13.4. The molecule has 0 aromatic carbocycles. The molecular weight excluding hydrogens is 282 g/mol. The molecule has 1 aromatic heterocycles. The Morgan fingerprint density at radius 2 is 2.05 bits per heavy atom. The Morgan fingerprint density at radius 3 is 2.64 bits per heavy atom. The van der Waals surface area contributed by atoms with Crippen molar-refractivity contribution in [1.29, 1.82) is 0 Å². The lowest BCUT2D eigenvalue weighted by atomic mass is 10.1. The summed E-state index contributed by atoms with van der Waals surface area (Å²) in [5, 5.41) is 10.2. The Labute approximate surface area is 130 Å². The number of aromatic nitrogens is 2. The molecule has 6 heteroatoms. The highest BCUT2D eigenvalue weighted by atomic mass is 16.3. The van der Waals surface area contributed by atoms with Crippen LogP contribution in [0.15, 0.2) is 27.2 Å². The molecule has 1 heterocycles. The molecule has 0 unspecified atom stereocenters. The largest absolute Gasteiger partial charge is 0.494 e. The van der Waals surface area contributed by atoms with Crippen LogP contribution in [-0.4, -0.2) is 26.9 Å². The van der Waals surface area contributed by atoms with E-state index in [1.807, 2.05) is 6.92 Å². The monoisotopic (exact) mass is 307 g/mol. The Kier molecular flexibility index (Phi) is 7.36. The van der Waals surface area contributed by atoms with Gasteiger partial charge in [0.2, 0.25) is 5.88 Å². The number of unbranched alkanes of at least 4 members (excludes halogenated alkanes) is 3. The maximum absolute atomic E-state index is 12.0. The molecule has 122 valence electrons. The second-order valence-electron chi connectivity index (χ2n) is 5.10. The summed E-state index contributed by atoms with van der Waals surface area (Å²) in [4.78, 5) is 30.4. The lowest BCUT2D eigenvalue weighted by molar-refractivity contribution is 0.409. The highest BCUT2D eigenvalue weighted by Gasteiger charge is 2.17. The van der Waals surface area contributed by atoms with Crippen LogP contribution in [0.2, 0.25) is 0 Å². The van der Waals surface area contributed by atoms with E-state index in [1.54, 1.807) is 0 Å². The number of nitrogens with one attached hydrogen (secondary N) is 1. The van der Waals surface area contributed by atoms with Gasteiger partial charge in [-0.1, -0.05) is 39.2 Å². The van der Waals surface area contributed by atoms with Gasteiger partial charge in [-0.25, -0.2) is 4.79 Å². The number of nitrogens with zero attached hydrogens (tertiary/aromatic N) is 2. The fourth-order valence-electron chi connectivity index (χ4n) is 2.24. The van der Waals surface area contributed by atoms with Gasteiger partial charge in [0, 0.05) is 13.1 Å². The van der Waals surface area contributed by atoms with Crippen molar-refractivity contribution in [1.82, 2.24) is 9.55 Å². The van der Waals surface area contributed by atoms with E-state index in [2.05, 4.69) is 23.5 Å². The van der Waals surface area contributed by atoms with Gasteiger partial charge in [-0.3, -0.25) is 19.3 Å². The van der Waals surface area contributed by atoms with Crippen LogP contribution in [0.5, 0.6) is 5.88 Å². The van der Waals surface area contributed by atoms with E-state index in [9.17, 15) is 14.7 Å². The van der Waals surface area contributed by atoms with Crippen LogP contribution in [-0.2, 0) is 6.54 Å². The Balaban J connectivity index is 3.13. The highest BCUT2D eigenvalue weighted by Crippen LogP contribution is 2.13. The fourth-order valence-corrected chi connectivity index (χ4v) is 2.24. The number of hydrogen-bond acceptors (Lipinski definition) is 4. The molecule has 6 nitrogen and oxygen atoms in total. The van der Waals surface area contributed by atoms with E-state index < -0.39 is 11.2 Å². The first-order valence-corrected chi connectivity index (χ1v) is 7.77. The molecule has 0 bridgehead atoms. The molecule has 0 atom stereocenters. The van der Waals surface area contributed by atoms with E-state index >= 15 is 0 Å². The molecule has 2 N–H and O–H groups in total. The van der Waals surface area contributed by atoms with Crippen molar-refractivity contribution in [3.05, 3.63) is 39.1 Å². The molecule has 1 aromatic rings. The summed E-state index contributed by atoms with van der Waals surface area (Å²) in [6.45, 7) is 8.29. The Bertz CT molecular complexity index is 641. The van der Waals surface area contributed by atoms with Gasteiger partial charge in [-0.15, -0.1) is 6.58 Å². The van der Waals surface area contributed by atoms with E-state index in [0.29, 0.717) is 18.7 Å². The summed E-state index contributed by atoms with van der Waals surface area (Å²) >= 11 is 0. The van der Waals surface area contributed by atoms with Gasteiger partial charge in [0.05, 0.1) is 5.71 Å². The molecule has 0 saturated carbocycles. The van der Waals surface area contributed by atoms with Gasteiger partial charge in [-0.05, 0) is 12.8 Å². The molecule has 0 spiro atoms. The third kappa shape index (κ3) is 4.44. The summed E-state index contributed by atoms with van der Waals surface area (Å²) in [5.41, 5.74) is -0.644. The van der Waals surface area contributed by atoms with Crippen molar-refractivity contribution >= 4 is 5.71 Å². The van der Waals surface area contributed by atoms with Crippen LogP contribution in [0.3, 0.4) is 0 Å². The third-order valence-electron chi connectivity index (χ3n) is 3.42. The van der Waals surface area contributed by atoms with Crippen LogP contribution >= 0.6 is 0 Å². The minimum Gasteiger partial charge on any atom is -0.494 e. The number of aliphatic imine (C=N–C) groups is 1. The van der Waals surface area contributed by atoms with Crippen LogP contribution in [0.4, 0.5) is 0 Å².